The van der Waals surface area contributed by atoms with Gasteiger partial charge in [-0.1, -0.05) is 62.4 Å². The number of halogens is 6. The third kappa shape index (κ3) is 11.5. The number of nitrogens with one attached hydrogen (secondary N) is 2. The molecule has 2 saturated carbocycles. The smallest absolute Gasteiger partial charge is 1.00 e. The first-order valence-corrected chi connectivity index (χ1v) is 23.6. The molecule has 2 aliphatic carbocycles. The zero-order chi connectivity index (χ0) is 44.3. The van der Waals surface area contributed by atoms with Crippen molar-refractivity contribution in [2.75, 3.05) is 54.7 Å². The molecule has 2 N–H and O–H groups in total. The zero-order valence-electron chi connectivity index (χ0n) is 36.0. The second kappa shape index (κ2) is 18.4. The van der Waals surface area contributed by atoms with E-state index in [1.165, 1.54) is 12.1 Å². The summed E-state index contributed by atoms with van der Waals surface area (Å²) in [7, 11) is -6.68. The number of fused-ring (bicyclic) bond motifs is 2. The molecule has 4 aromatic carbocycles. The number of carbonyl (C=O) groups is 1. The second-order valence-electron chi connectivity index (χ2n) is 17.3. The summed E-state index contributed by atoms with van der Waals surface area (Å²) in [6.45, 7) is 8.25. The molecule has 4 aliphatic rings. The Morgan fingerprint density at radius 2 is 1.03 bits per heavy atom. The molecule has 4 aromatic rings. The van der Waals surface area contributed by atoms with Gasteiger partial charge in [-0.3, -0.25) is 14.2 Å². The Bertz CT molecular complexity index is 2490. The molecule has 0 aromatic heterocycles. The van der Waals surface area contributed by atoms with Gasteiger partial charge in [-0.05, 0) is 101 Å². The number of amides is 1. The van der Waals surface area contributed by atoms with Crippen molar-refractivity contribution < 1.29 is 68.3 Å². The molecule has 4 unspecified atom stereocenters. The molecule has 0 bridgehead atoms. The van der Waals surface area contributed by atoms with Gasteiger partial charge >= 0.3 is 31.2 Å². The minimum Gasteiger partial charge on any atom is -1.00 e. The normalized spacial score (nSPS) is 25.0. The van der Waals surface area contributed by atoms with E-state index in [-0.39, 0.29) is 72.6 Å². The average Bonchev–Trinajstić information content (AvgIpc) is 3.64. The zero-order valence-corrected chi connectivity index (χ0v) is 36.6. The van der Waals surface area contributed by atoms with E-state index >= 15 is 0 Å². The maximum absolute atomic E-state index is 12.7. The van der Waals surface area contributed by atoms with Gasteiger partial charge in [0.15, 0.2) is 17.4 Å². The molecule has 4 fully saturated rings. The van der Waals surface area contributed by atoms with Gasteiger partial charge in [0.05, 0.1) is 30.1 Å². The van der Waals surface area contributed by atoms with Gasteiger partial charge in [0.1, 0.15) is 0 Å². The van der Waals surface area contributed by atoms with Gasteiger partial charge in [0, 0.05) is 54.9 Å². The van der Waals surface area contributed by atoms with Crippen LogP contribution in [0.2, 0.25) is 0 Å². The van der Waals surface area contributed by atoms with Crippen LogP contribution in [0.3, 0.4) is 0 Å². The van der Waals surface area contributed by atoms with Crippen LogP contribution in [0.25, 0.3) is 0 Å². The molecule has 63 heavy (non-hydrogen) atoms. The Morgan fingerprint density at radius 1 is 0.651 bits per heavy atom. The Hall–Kier alpha value is -3.48. The number of sulfonamides is 2. The number of carbonyl (C=O) groups excluding carboxylic acids is 1. The molecule has 2 heterocycles. The number of rotatable bonds is 11. The van der Waals surface area contributed by atoms with Crippen LogP contribution >= 0.6 is 0 Å². The van der Waals surface area contributed by atoms with Crippen LogP contribution in [0.1, 0.15) is 48.7 Å². The van der Waals surface area contributed by atoms with E-state index in [2.05, 4.69) is 34.3 Å². The summed E-state index contributed by atoms with van der Waals surface area (Å²) < 4.78 is 127. The number of benzene rings is 4. The van der Waals surface area contributed by atoms with E-state index in [4.69, 9.17) is 0 Å². The van der Waals surface area contributed by atoms with Gasteiger partial charge < -0.3 is 11.2 Å². The first kappa shape index (κ1) is 50.5. The summed E-state index contributed by atoms with van der Waals surface area (Å²) in [4.78, 5) is 16.8. The maximum Gasteiger partial charge on any atom is 1.00 e. The minimum absolute atomic E-state index is 0. The molecule has 0 radical (unpaired) electrons. The average molecular weight is 929 g/mol. The third-order valence-corrected chi connectivity index (χ3v) is 14.4. The number of alkyl halides is 6. The summed E-state index contributed by atoms with van der Waals surface area (Å²) >= 11 is 0. The maximum atomic E-state index is 12.7. The van der Waals surface area contributed by atoms with Crippen molar-refractivity contribution in [3.63, 3.8) is 0 Å². The fraction of sp³-hybridized carbons (Fsp3) is 0.432. The predicted molar refractivity (Wildman–Crippen MR) is 233 cm³/mol. The van der Waals surface area contributed by atoms with Crippen LogP contribution in [0, 0.1) is 23.7 Å². The molecule has 4 atom stereocenters. The SMILES string of the molecule is CC1(c2cccc(NS(C)(=O)=O)c2)C2CN(C(=O)Cc3ccc(C(F)(F)F)cc3)CC21.CC1(c2cccc(NS(C)(=O)=O)c2)C2CN(CCc3ccc(C(F)(F)F)cc3)CC21.[AlH3].[H-].[Li+]. The molecular weight excluding hydrogens is 877 g/mol. The van der Waals surface area contributed by atoms with E-state index in [0.717, 1.165) is 79.5 Å². The van der Waals surface area contributed by atoms with E-state index < -0.39 is 43.5 Å². The van der Waals surface area contributed by atoms with Gasteiger partial charge in [-0.15, -0.1) is 0 Å². The third-order valence-electron chi connectivity index (χ3n) is 13.1. The van der Waals surface area contributed by atoms with Crippen LogP contribution in [0.4, 0.5) is 37.7 Å². The number of piperidine rings is 2. The molecule has 1 amide bonds. The molecule has 0 spiro atoms. The minimum atomic E-state index is -4.39. The molecule has 19 heteroatoms. The predicted octanol–water partition coefficient (Wildman–Crippen LogP) is 3.74. The molecule has 2 saturated heterocycles. The van der Waals surface area contributed by atoms with Crippen molar-refractivity contribution >= 4 is 54.7 Å². The topological polar surface area (TPSA) is 116 Å². The van der Waals surface area contributed by atoms with Crippen LogP contribution in [0.15, 0.2) is 97.1 Å². The summed E-state index contributed by atoms with van der Waals surface area (Å²) in [5.41, 5.74) is 3.32. The first-order chi connectivity index (χ1) is 28.3. The summed E-state index contributed by atoms with van der Waals surface area (Å²) in [6.07, 6.45) is -5.65. The molecule has 9 nitrogen and oxygen atoms in total. The second-order valence-corrected chi connectivity index (χ2v) is 20.8. The van der Waals surface area contributed by atoms with E-state index in [9.17, 15) is 48.0 Å². The Labute approximate surface area is 389 Å². The monoisotopic (exact) mass is 928 g/mol. The number of hydrogen-bond acceptors (Lipinski definition) is 6. The van der Waals surface area contributed by atoms with Crippen LogP contribution in [-0.2, 0) is 60.9 Å². The Morgan fingerprint density at radius 3 is 1.41 bits per heavy atom. The number of hydrogen-bond donors (Lipinski definition) is 2. The summed E-state index contributed by atoms with van der Waals surface area (Å²) in [5, 5.41) is 0. The van der Waals surface area contributed by atoms with Gasteiger partial charge in [0.25, 0.3) is 0 Å². The van der Waals surface area contributed by atoms with Gasteiger partial charge in [-0.2, -0.15) is 26.3 Å². The largest absolute Gasteiger partial charge is 1.00 e. The first-order valence-electron chi connectivity index (χ1n) is 19.8. The molecule has 8 rings (SSSR count). The Balaban J connectivity index is 0.000000268. The van der Waals surface area contributed by atoms with Crippen LogP contribution < -0.4 is 28.3 Å². The van der Waals surface area contributed by atoms with Crippen molar-refractivity contribution in [1.82, 2.24) is 9.80 Å². The molecule has 2 aliphatic heterocycles. The van der Waals surface area contributed by atoms with E-state index in [1.54, 1.807) is 29.2 Å². The number of likely N-dealkylation sites (tertiary alicyclic amines) is 2. The number of anilines is 2. The molecule has 336 valence electrons. The quantitative estimate of drug-likeness (QED) is 0.175. The van der Waals surface area contributed by atoms with Crippen molar-refractivity contribution in [3.8, 4) is 0 Å². The summed E-state index contributed by atoms with van der Waals surface area (Å²) in [6, 6.07) is 25.0. The van der Waals surface area contributed by atoms with Crippen molar-refractivity contribution in [3.05, 3.63) is 130 Å². The van der Waals surface area contributed by atoms with Gasteiger partial charge in [0.2, 0.25) is 26.0 Å². The fourth-order valence-electron chi connectivity index (χ4n) is 9.60. The fourth-order valence-corrected chi connectivity index (χ4v) is 10.7. The summed E-state index contributed by atoms with van der Waals surface area (Å²) in [5.74, 6) is 1.48. The van der Waals surface area contributed by atoms with Crippen molar-refractivity contribution in [1.29, 1.82) is 0 Å². The van der Waals surface area contributed by atoms with Crippen LogP contribution in [0.5, 0.6) is 0 Å². The van der Waals surface area contributed by atoms with Crippen molar-refractivity contribution in [2.24, 2.45) is 23.7 Å². The van der Waals surface area contributed by atoms with Crippen molar-refractivity contribution in [2.45, 2.75) is 49.9 Å². The van der Waals surface area contributed by atoms with E-state index in [1.807, 2.05) is 30.3 Å². The standard InChI is InChI=1S/C22H23F3N2O3S.C22H25F3N2O2S.Al.Li.4H/c1-21(16-4-3-5-17(11-16)26-31(2,29)30)18-12-27(13-19(18)21)20(28)10-14-6-8-15(9-7-14)22(23,24)25;1-21(17-4-3-5-18(12-17)26-30(2,28)29)19-13-27(14-20(19)21)11-10-15-6-8-16(9-7-15)22(23,24)25;;;;;;/h3-9,11,18-19,26H,10,12-13H2,1-2H3;3-9,12,19-20,26H,10-11,13-14H2,1-2H3;;;;;;/q;;;+1;;;;-1. The van der Waals surface area contributed by atoms with Crippen LogP contribution in [-0.4, -0.2) is 95.1 Å². The number of nitrogens with zero attached hydrogens (tertiary/aromatic N) is 2. The van der Waals surface area contributed by atoms with E-state index in [0.29, 0.717) is 41.9 Å². The van der Waals surface area contributed by atoms with Gasteiger partial charge in [-0.25, -0.2) is 16.8 Å². The Kier molecular flexibility index (Phi) is 14.8. The molecular formula is C44H52AlF6LiN4O5S2.